The Kier molecular flexibility index (Phi) is 6.28. The minimum Gasteiger partial charge on any atom is -0.349 e. The van der Waals surface area contributed by atoms with Crippen LogP contribution in [0.4, 0.5) is 0 Å². The molecule has 1 saturated heterocycles. The van der Waals surface area contributed by atoms with Gasteiger partial charge in [-0.2, -0.15) is 0 Å². The van der Waals surface area contributed by atoms with Gasteiger partial charge in [-0.05, 0) is 48.9 Å². The molecule has 0 radical (unpaired) electrons. The number of carbonyl (C=O) groups excluding carboxylic acids is 2. The van der Waals surface area contributed by atoms with E-state index in [1.165, 1.54) is 19.3 Å². The molecule has 4 heteroatoms. The third-order valence-corrected chi connectivity index (χ3v) is 6.35. The molecule has 1 heterocycles. The lowest BCUT2D eigenvalue weighted by Crippen LogP contribution is -2.48. The van der Waals surface area contributed by atoms with Crippen LogP contribution in [0.15, 0.2) is 54.6 Å². The second kappa shape index (κ2) is 9.25. The lowest BCUT2D eigenvalue weighted by Gasteiger charge is -2.35. The van der Waals surface area contributed by atoms with Crippen LogP contribution in [0.1, 0.15) is 55.3 Å². The Morgan fingerprint density at radius 3 is 2.03 bits per heavy atom. The van der Waals surface area contributed by atoms with Gasteiger partial charge in [0.2, 0.25) is 5.91 Å². The maximum absolute atomic E-state index is 12.7. The molecule has 2 aromatic carbocycles. The standard InChI is InChI=1S/C25H30N2O2/c28-24(21-13-11-20(12-14-21)19-7-3-1-4-8-19)26-23-15-17-27(18-16-23)25(29)22-9-5-2-6-10-22/h1,3-4,7-8,11-14,22-23H,2,5-6,9-10,15-18H2,(H,26,28). The molecule has 29 heavy (non-hydrogen) atoms. The summed E-state index contributed by atoms with van der Waals surface area (Å²) in [6, 6.07) is 18.1. The molecule has 0 bridgehead atoms. The van der Waals surface area contributed by atoms with Gasteiger partial charge in [0.15, 0.2) is 0 Å². The Morgan fingerprint density at radius 2 is 1.38 bits per heavy atom. The van der Waals surface area contributed by atoms with Crippen molar-refractivity contribution in [3.05, 3.63) is 60.2 Å². The highest BCUT2D eigenvalue weighted by molar-refractivity contribution is 5.94. The molecular weight excluding hydrogens is 360 g/mol. The molecule has 152 valence electrons. The fourth-order valence-corrected chi connectivity index (χ4v) is 4.57. The average molecular weight is 391 g/mol. The molecule has 2 aromatic rings. The number of carbonyl (C=O) groups is 2. The third-order valence-electron chi connectivity index (χ3n) is 6.35. The van der Waals surface area contributed by atoms with Gasteiger partial charge in [0.25, 0.3) is 5.91 Å². The molecule has 0 unspecified atom stereocenters. The van der Waals surface area contributed by atoms with E-state index in [2.05, 4.69) is 17.4 Å². The number of nitrogens with zero attached hydrogens (tertiary/aromatic N) is 1. The highest BCUT2D eigenvalue weighted by Gasteiger charge is 2.29. The van der Waals surface area contributed by atoms with Gasteiger partial charge in [-0.3, -0.25) is 9.59 Å². The van der Waals surface area contributed by atoms with E-state index in [0.29, 0.717) is 11.5 Å². The number of hydrogen-bond donors (Lipinski definition) is 1. The van der Waals surface area contributed by atoms with Crippen LogP contribution in [0.2, 0.25) is 0 Å². The van der Waals surface area contributed by atoms with Crippen LogP contribution in [-0.2, 0) is 4.79 Å². The largest absolute Gasteiger partial charge is 0.349 e. The van der Waals surface area contributed by atoms with Crippen molar-refractivity contribution in [2.45, 2.75) is 51.0 Å². The summed E-state index contributed by atoms with van der Waals surface area (Å²) in [5.74, 6) is 0.547. The molecule has 1 N–H and O–H groups in total. The first-order valence-corrected chi connectivity index (χ1v) is 11.0. The Balaban J connectivity index is 1.28. The monoisotopic (exact) mass is 390 g/mol. The van der Waals surface area contributed by atoms with Gasteiger partial charge in [0.1, 0.15) is 0 Å². The summed E-state index contributed by atoms with van der Waals surface area (Å²) in [5.41, 5.74) is 2.94. The van der Waals surface area contributed by atoms with Crippen molar-refractivity contribution in [2.24, 2.45) is 5.92 Å². The zero-order chi connectivity index (χ0) is 20.1. The van der Waals surface area contributed by atoms with Crippen LogP contribution >= 0.6 is 0 Å². The number of hydrogen-bond acceptors (Lipinski definition) is 2. The molecule has 0 aromatic heterocycles. The highest BCUT2D eigenvalue weighted by atomic mass is 16.2. The van der Waals surface area contributed by atoms with Crippen LogP contribution in [0.3, 0.4) is 0 Å². The predicted octanol–water partition coefficient (Wildman–Crippen LogP) is 4.65. The van der Waals surface area contributed by atoms with Gasteiger partial charge in [0.05, 0.1) is 0 Å². The minimum absolute atomic E-state index is 0.0262. The van der Waals surface area contributed by atoms with Gasteiger partial charge >= 0.3 is 0 Å². The van der Waals surface area contributed by atoms with Crippen LogP contribution < -0.4 is 5.32 Å². The van der Waals surface area contributed by atoms with Crippen molar-refractivity contribution in [2.75, 3.05) is 13.1 Å². The normalized spacial score (nSPS) is 18.4. The fourth-order valence-electron chi connectivity index (χ4n) is 4.57. The summed E-state index contributed by atoms with van der Waals surface area (Å²) < 4.78 is 0. The zero-order valence-electron chi connectivity index (χ0n) is 17.0. The molecule has 2 fully saturated rings. The number of piperidine rings is 1. The molecule has 1 aliphatic heterocycles. The van der Waals surface area contributed by atoms with Gasteiger partial charge in [-0.1, -0.05) is 61.7 Å². The molecular formula is C25H30N2O2. The molecule has 4 rings (SSSR count). The first-order chi connectivity index (χ1) is 14.2. The summed E-state index contributed by atoms with van der Waals surface area (Å²) in [4.78, 5) is 27.3. The number of rotatable bonds is 4. The number of amides is 2. The maximum Gasteiger partial charge on any atom is 0.251 e. The van der Waals surface area contributed by atoms with E-state index in [-0.39, 0.29) is 17.9 Å². The van der Waals surface area contributed by atoms with E-state index >= 15 is 0 Å². The predicted molar refractivity (Wildman–Crippen MR) is 116 cm³/mol. The summed E-state index contributed by atoms with van der Waals surface area (Å²) in [6.45, 7) is 1.51. The van der Waals surface area contributed by atoms with E-state index in [1.54, 1.807) is 0 Å². The molecule has 2 aliphatic rings. The quantitative estimate of drug-likeness (QED) is 0.826. The van der Waals surface area contributed by atoms with E-state index in [1.807, 2.05) is 47.4 Å². The number of likely N-dealkylation sites (tertiary alicyclic amines) is 1. The molecule has 1 saturated carbocycles. The molecule has 4 nitrogen and oxygen atoms in total. The third kappa shape index (κ3) is 4.87. The summed E-state index contributed by atoms with van der Waals surface area (Å²) in [6.07, 6.45) is 7.42. The van der Waals surface area contributed by atoms with Crippen LogP contribution in [0, 0.1) is 5.92 Å². The molecule has 1 aliphatic carbocycles. The van der Waals surface area contributed by atoms with E-state index < -0.39 is 0 Å². The minimum atomic E-state index is -0.0262. The second-order valence-electron chi connectivity index (χ2n) is 8.35. The van der Waals surface area contributed by atoms with Crippen molar-refractivity contribution in [3.8, 4) is 11.1 Å². The number of benzene rings is 2. The van der Waals surface area contributed by atoms with Gasteiger partial charge in [-0.15, -0.1) is 0 Å². The zero-order valence-corrected chi connectivity index (χ0v) is 17.0. The smallest absolute Gasteiger partial charge is 0.251 e. The molecule has 0 spiro atoms. The van der Waals surface area contributed by atoms with Gasteiger partial charge in [0, 0.05) is 30.6 Å². The van der Waals surface area contributed by atoms with E-state index in [4.69, 9.17) is 0 Å². The Bertz CT molecular complexity index is 818. The SMILES string of the molecule is O=C(NC1CCN(C(=O)C2CCCCC2)CC1)c1ccc(-c2ccccc2)cc1. The van der Waals surface area contributed by atoms with Crippen LogP contribution in [-0.4, -0.2) is 35.8 Å². The van der Waals surface area contributed by atoms with Crippen molar-refractivity contribution >= 4 is 11.8 Å². The van der Waals surface area contributed by atoms with E-state index in [9.17, 15) is 9.59 Å². The lowest BCUT2D eigenvalue weighted by atomic mass is 9.87. The summed E-state index contributed by atoms with van der Waals surface area (Å²) in [7, 11) is 0. The first-order valence-electron chi connectivity index (χ1n) is 11.0. The Morgan fingerprint density at radius 1 is 0.759 bits per heavy atom. The van der Waals surface area contributed by atoms with Crippen molar-refractivity contribution in [1.82, 2.24) is 10.2 Å². The van der Waals surface area contributed by atoms with Crippen molar-refractivity contribution in [3.63, 3.8) is 0 Å². The van der Waals surface area contributed by atoms with Crippen molar-refractivity contribution < 1.29 is 9.59 Å². The van der Waals surface area contributed by atoms with Crippen LogP contribution in [0.25, 0.3) is 11.1 Å². The second-order valence-corrected chi connectivity index (χ2v) is 8.35. The van der Waals surface area contributed by atoms with Gasteiger partial charge in [-0.25, -0.2) is 0 Å². The Hall–Kier alpha value is -2.62. The lowest BCUT2D eigenvalue weighted by molar-refractivity contribution is -0.137. The fraction of sp³-hybridized carbons (Fsp3) is 0.440. The molecule has 0 atom stereocenters. The average Bonchev–Trinajstić information content (AvgIpc) is 2.80. The van der Waals surface area contributed by atoms with E-state index in [0.717, 1.165) is 49.9 Å². The number of nitrogens with one attached hydrogen (secondary N) is 1. The molecule has 2 amide bonds. The van der Waals surface area contributed by atoms with Gasteiger partial charge < -0.3 is 10.2 Å². The first kappa shape index (κ1) is 19.7. The maximum atomic E-state index is 12.7. The summed E-state index contributed by atoms with van der Waals surface area (Å²) in [5, 5.41) is 3.16. The Labute approximate surface area is 173 Å². The van der Waals surface area contributed by atoms with Crippen LogP contribution in [0.5, 0.6) is 0 Å². The topological polar surface area (TPSA) is 49.4 Å². The summed E-state index contributed by atoms with van der Waals surface area (Å²) >= 11 is 0. The highest BCUT2D eigenvalue weighted by Crippen LogP contribution is 2.26. The van der Waals surface area contributed by atoms with Crippen molar-refractivity contribution in [1.29, 1.82) is 0 Å².